The van der Waals surface area contributed by atoms with Crippen LogP contribution in [0.15, 0.2) is 22.7 Å². The van der Waals surface area contributed by atoms with E-state index in [1.165, 1.54) is 11.1 Å². The van der Waals surface area contributed by atoms with E-state index in [0.29, 0.717) is 19.6 Å². The summed E-state index contributed by atoms with van der Waals surface area (Å²) in [7, 11) is 0. The highest BCUT2D eigenvalue weighted by molar-refractivity contribution is 9.10. The fourth-order valence-corrected chi connectivity index (χ4v) is 3.21. The lowest BCUT2D eigenvalue weighted by Crippen LogP contribution is -2.09. The van der Waals surface area contributed by atoms with Gasteiger partial charge in [-0.1, -0.05) is 18.2 Å². The van der Waals surface area contributed by atoms with Crippen molar-refractivity contribution in [1.29, 1.82) is 0 Å². The maximum absolute atomic E-state index is 10.6. The minimum atomic E-state index is -0.534. The van der Waals surface area contributed by atoms with Crippen LogP contribution < -0.4 is 0 Å². The Morgan fingerprint density at radius 2 is 2.14 bits per heavy atom. The van der Waals surface area contributed by atoms with Crippen LogP contribution in [0.3, 0.4) is 0 Å². The summed E-state index contributed by atoms with van der Waals surface area (Å²) in [6.07, 6.45) is 0.0168. The van der Waals surface area contributed by atoms with Gasteiger partial charge in [0.2, 0.25) is 0 Å². The first-order chi connectivity index (χ1) is 10.1. The van der Waals surface area contributed by atoms with Crippen molar-refractivity contribution in [2.75, 3.05) is 0 Å². The van der Waals surface area contributed by atoms with Gasteiger partial charge in [0, 0.05) is 13.0 Å². The van der Waals surface area contributed by atoms with E-state index < -0.39 is 6.10 Å². The third-order valence-corrected chi connectivity index (χ3v) is 5.00. The molecule has 0 saturated carbocycles. The van der Waals surface area contributed by atoms with Gasteiger partial charge >= 0.3 is 0 Å². The molecule has 21 heavy (non-hydrogen) atoms. The summed E-state index contributed by atoms with van der Waals surface area (Å²) >= 11 is 3.58. The molecule has 5 heteroatoms. The van der Waals surface area contributed by atoms with Crippen molar-refractivity contribution in [1.82, 2.24) is 9.78 Å². The number of aliphatic hydroxyl groups is 1. The van der Waals surface area contributed by atoms with Crippen molar-refractivity contribution in [3.05, 3.63) is 50.8 Å². The number of aryl methyl sites for hydroxylation is 2. The van der Waals surface area contributed by atoms with Gasteiger partial charge < -0.3 is 9.84 Å². The van der Waals surface area contributed by atoms with Crippen molar-refractivity contribution in [2.45, 2.75) is 46.1 Å². The molecule has 112 valence electrons. The number of hydrogen-bond acceptors (Lipinski definition) is 3. The second kappa shape index (κ2) is 5.91. The Morgan fingerprint density at radius 3 is 2.90 bits per heavy atom. The lowest BCUT2D eigenvalue weighted by atomic mass is 10.00. The summed E-state index contributed by atoms with van der Waals surface area (Å²) in [5, 5.41) is 15.0. The first-order valence-electron chi connectivity index (χ1n) is 7.19. The number of benzene rings is 1. The second-order valence-corrected chi connectivity index (χ2v) is 6.20. The fraction of sp³-hybridized carbons (Fsp3) is 0.438. The zero-order valence-corrected chi connectivity index (χ0v) is 13.9. The number of fused-ring (bicyclic) bond motifs is 1. The zero-order valence-electron chi connectivity index (χ0n) is 12.3. The highest BCUT2D eigenvalue weighted by Gasteiger charge is 2.19. The molecule has 2 aromatic rings. The molecule has 1 aromatic carbocycles. The lowest BCUT2D eigenvalue weighted by Gasteiger charge is -2.13. The maximum Gasteiger partial charge on any atom is 0.0845 e. The molecule has 1 aliphatic heterocycles. The van der Waals surface area contributed by atoms with Gasteiger partial charge in [-0.05, 0) is 46.5 Å². The van der Waals surface area contributed by atoms with Crippen molar-refractivity contribution in [3.8, 4) is 0 Å². The van der Waals surface area contributed by atoms with Crippen molar-refractivity contribution in [3.63, 3.8) is 0 Å². The third kappa shape index (κ3) is 2.78. The van der Waals surface area contributed by atoms with Crippen LogP contribution in [-0.2, 0) is 30.9 Å². The highest BCUT2D eigenvalue weighted by Crippen LogP contribution is 2.29. The normalized spacial score (nSPS) is 15.2. The van der Waals surface area contributed by atoms with E-state index in [0.717, 1.165) is 28.0 Å². The van der Waals surface area contributed by atoms with E-state index in [1.54, 1.807) is 0 Å². The van der Waals surface area contributed by atoms with Crippen molar-refractivity contribution in [2.24, 2.45) is 0 Å². The topological polar surface area (TPSA) is 47.3 Å². The van der Waals surface area contributed by atoms with Crippen LogP contribution in [0, 0.1) is 6.92 Å². The monoisotopic (exact) mass is 350 g/mol. The first kappa shape index (κ1) is 14.8. The Morgan fingerprint density at radius 1 is 1.38 bits per heavy atom. The number of rotatable bonds is 4. The van der Waals surface area contributed by atoms with Gasteiger partial charge in [-0.25, -0.2) is 0 Å². The molecule has 1 unspecified atom stereocenters. The summed E-state index contributed by atoms with van der Waals surface area (Å²) in [6.45, 7) is 6.15. The Labute approximate surface area is 132 Å². The largest absolute Gasteiger partial charge is 0.388 e. The zero-order chi connectivity index (χ0) is 15.0. The average molecular weight is 351 g/mol. The van der Waals surface area contributed by atoms with Crippen LogP contribution in [0.5, 0.6) is 0 Å². The average Bonchev–Trinajstić information content (AvgIpc) is 3.05. The minimum Gasteiger partial charge on any atom is -0.388 e. The van der Waals surface area contributed by atoms with Gasteiger partial charge in [0.15, 0.2) is 0 Å². The number of nitrogens with zero attached hydrogens (tertiary/aromatic N) is 2. The van der Waals surface area contributed by atoms with E-state index in [9.17, 15) is 5.11 Å². The van der Waals surface area contributed by atoms with E-state index in [2.05, 4.69) is 40.1 Å². The number of hydrogen-bond donors (Lipinski definition) is 1. The van der Waals surface area contributed by atoms with E-state index in [1.807, 2.05) is 17.7 Å². The summed E-state index contributed by atoms with van der Waals surface area (Å²) in [4.78, 5) is 0. The molecular formula is C16H19BrN2O2. The molecule has 2 heterocycles. The Balaban J connectivity index is 1.85. The van der Waals surface area contributed by atoms with Gasteiger partial charge in [0.25, 0.3) is 0 Å². The van der Waals surface area contributed by atoms with Crippen LogP contribution in [0.25, 0.3) is 0 Å². The SMILES string of the molecule is CCn1nc(C)c(Br)c1CC(O)c1ccc2c(c1)COC2. The number of halogens is 1. The molecule has 1 aromatic heterocycles. The van der Waals surface area contributed by atoms with E-state index >= 15 is 0 Å². The molecule has 3 rings (SSSR count). The van der Waals surface area contributed by atoms with Crippen LogP contribution >= 0.6 is 15.9 Å². The molecule has 0 saturated heterocycles. The summed E-state index contributed by atoms with van der Waals surface area (Å²) in [6, 6.07) is 6.10. The molecule has 4 nitrogen and oxygen atoms in total. The van der Waals surface area contributed by atoms with Gasteiger partial charge in [0.05, 0.1) is 35.2 Å². The quantitative estimate of drug-likeness (QED) is 0.920. The predicted molar refractivity (Wildman–Crippen MR) is 83.9 cm³/mol. The molecule has 0 aliphatic carbocycles. The summed E-state index contributed by atoms with van der Waals surface area (Å²) in [5.74, 6) is 0. The lowest BCUT2D eigenvalue weighted by molar-refractivity contribution is 0.134. The molecule has 1 N–H and O–H groups in total. The predicted octanol–water partition coefficient (Wildman–Crippen LogP) is 3.28. The molecular weight excluding hydrogens is 332 g/mol. The Kier molecular flexibility index (Phi) is 4.15. The van der Waals surface area contributed by atoms with E-state index in [4.69, 9.17) is 4.74 Å². The van der Waals surface area contributed by atoms with Crippen LogP contribution in [0.2, 0.25) is 0 Å². The first-order valence-corrected chi connectivity index (χ1v) is 7.98. The molecule has 0 bridgehead atoms. The fourth-order valence-electron chi connectivity index (χ4n) is 2.76. The summed E-state index contributed by atoms with van der Waals surface area (Å²) < 4.78 is 8.36. The van der Waals surface area contributed by atoms with E-state index in [-0.39, 0.29) is 0 Å². The minimum absolute atomic E-state index is 0.534. The van der Waals surface area contributed by atoms with Gasteiger partial charge in [-0.15, -0.1) is 0 Å². The van der Waals surface area contributed by atoms with Gasteiger partial charge in [-0.2, -0.15) is 5.10 Å². The number of aromatic nitrogens is 2. The smallest absolute Gasteiger partial charge is 0.0845 e. The second-order valence-electron chi connectivity index (χ2n) is 5.40. The van der Waals surface area contributed by atoms with Crippen LogP contribution in [0.1, 0.15) is 41.1 Å². The maximum atomic E-state index is 10.6. The number of ether oxygens (including phenoxy) is 1. The van der Waals surface area contributed by atoms with Crippen LogP contribution in [-0.4, -0.2) is 14.9 Å². The molecule has 0 fully saturated rings. The molecule has 1 atom stereocenters. The number of aliphatic hydroxyl groups excluding tert-OH is 1. The standard InChI is InChI=1S/C16H19BrN2O2/c1-3-19-14(16(17)10(2)18-19)7-15(20)11-4-5-12-8-21-9-13(12)6-11/h4-6,15,20H,3,7-9H2,1-2H3. The molecule has 0 radical (unpaired) electrons. The molecule has 1 aliphatic rings. The van der Waals surface area contributed by atoms with Gasteiger partial charge in [-0.3, -0.25) is 4.68 Å². The van der Waals surface area contributed by atoms with Crippen molar-refractivity contribution < 1.29 is 9.84 Å². The van der Waals surface area contributed by atoms with Gasteiger partial charge in [0.1, 0.15) is 0 Å². The summed E-state index contributed by atoms with van der Waals surface area (Å²) in [5.41, 5.74) is 5.35. The third-order valence-electron chi connectivity index (χ3n) is 3.97. The molecule has 0 spiro atoms. The van der Waals surface area contributed by atoms with Crippen molar-refractivity contribution >= 4 is 15.9 Å². The Hall–Kier alpha value is -1.17. The van der Waals surface area contributed by atoms with Crippen LogP contribution in [0.4, 0.5) is 0 Å². The molecule has 0 amide bonds. The Bertz CT molecular complexity index is 667. The highest BCUT2D eigenvalue weighted by atomic mass is 79.9.